The molecule has 0 aromatic heterocycles. The highest BCUT2D eigenvalue weighted by Gasteiger charge is 2.24. The van der Waals surface area contributed by atoms with Crippen molar-refractivity contribution >= 4 is 46.1 Å². The molecule has 1 unspecified atom stereocenters. The summed E-state index contributed by atoms with van der Waals surface area (Å²) in [6, 6.07) is 13.1. The topological polar surface area (TPSA) is 55.4 Å². The third-order valence-corrected chi connectivity index (χ3v) is 4.19. The van der Waals surface area contributed by atoms with Crippen LogP contribution in [0.1, 0.15) is 22.0 Å². The number of rotatable bonds is 4. The molecule has 114 valence electrons. The molecule has 0 radical (unpaired) electrons. The van der Waals surface area contributed by atoms with Crippen LogP contribution < -0.4 is 5.32 Å². The van der Waals surface area contributed by atoms with Crippen molar-refractivity contribution in [3.05, 3.63) is 68.3 Å². The van der Waals surface area contributed by atoms with Gasteiger partial charge in [-0.1, -0.05) is 41.9 Å². The number of hydrogen-bond acceptors (Lipinski definition) is 3. The highest BCUT2D eigenvalue weighted by molar-refractivity contribution is 14.1. The summed E-state index contributed by atoms with van der Waals surface area (Å²) < 4.78 is 5.52. The van der Waals surface area contributed by atoms with Gasteiger partial charge in [0, 0.05) is 8.59 Å². The highest BCUT2D eigenvalue weighted by atomic mass is 127. The van der Waals surface area contributed by atoms with E-state index in [4.69, 9.17) is 16.3 Å². The van der Waals surface area contributed by atoms with Gasteiger partial charge in [-0.2, -0.15) is 0 Å². The van der Waals surface area contributed by atoms with E-state index in [1.54, 1.807) is 42.5 Å². The molecule has 0 fully saturated rings. The number of carbonyl (C=O) groups excluding carboxylic acids is 2. The minimum absolute atomic E-state index is 0.383. The van der Waals surface area contributed by atoms with Crippen molar-refractivity contribution in [2.24, 2.45) is 0 Å². The second kappa shape index (κ2) is 7.60. The lowest BCUT2D eigenvalue weighted by Crippen LogP contribution is -2.34. The lowest BCUT2D eigenvalue weighted by molar-refractivity contribution is -0.143. The van der Waals surface area contributed by atoms with Gasteiger partial charge in [-0.3, -0.25) is 4.79 Å². The molecule has 2 rings (SSSR count). The van der Waals surface area contributed by atoms with E-state index in [1.807, 2.05) is 28.7 Å². The van der Waals surface area contributed by atoms with Gasteiger partial charge in [0.25, 0.3) is 5.91 Å². The molecule has 0 bridgehead atoms. The summed E-state index contributed by atoms with van der Waals surface area (Å²) in [5.74, 6) is -0.914. The van der Waals surface area contributed by atoms with E-state index in [1.165, 1.54) is 7.11 Å². The Morgan fingerprint density at radius 2 is 1.86 bits per heavy atom. The van der Waals surface area contributed by atoms with Crippen LogP contribution in [-0.2, 0) is 9.53 Å². The number of nitrogens with one attached hydrogen (secondary N) is 1. The zero-order valence-corrected chi connectivity index (χ0v) is 14.6. The van der Waals surface area contributed by atoms with Crippen molar-refractivity contribution in [3.8, 4) is 0 Å². The van der Waals surface area contributed by atoms with E-state index < -0.39 is 12.0 Å². The van der Waals surface area contributed by atoms with Gasteiger partial charge in [0.15, 0.2) is 6.04 Å². The Bertz CT molecular complexity index is 691. The monoisotopic (exact) mass is 429 g/mol. The fourth-order valence-corrected chi connectivity index (χ4v) is 2.67. The SMILES string of the molecule is COC(=O)C(NC(=O)c1cc(Cl)ccc1I)c1ccccc1. The standard InChI is InChI=1S/C16H13ClINO3/c1-22-16(21)14(10-5-3-2-4-6-10)19-15(20)12-9-11(17)7-8-13(12)18/h2-9,14H,1H3,(H,19,20). The van der Waals surface area contributed by atoms with Crippen LogP contribution in [0, 0.1) is 3.57 Å². The Hall–Kier alpha value is -1.60. The summed E-state index contributed by atoms with van der Waals surface area (Å²) in [6.45, 7) is 0. The number of methoxy groups -OCH3 is 1. The van der Waals surface area contributed by atoms with E-state index in [0.717, 1.165) is 3.57 Å². The van der Waals surface area contributed by atoms with Crippen molar-refractivity contribution < 1.29 is 14.3 Å². The van der Waals surface area contributed by atoms with E-state index in [0.29, 0.717) is 16.1 Å². The molecule has 0 aliphatic carbocycles. The zero-order valence-electron chi connectivity index (χ0n) is 11.7. The van der Waals surface area contributed by atoms with Gasteiger partial charge >= 0.3 is 5.97 Å². The first-order chi connectivity index (χ1) is 10.5. The molecule has 6 heteroatoms. The van der Waals surface area contributed by atoms with Crippen LogP contribution >= 0.6 is 34.2 Å². The average Bonchev–Trinajstić information content (AvgIpc) is 2.54. The smallest absolute Gasteiger partial charge is 0.333 e. The van der Waals surface area contributed by atoms with Gasteiger partial charge in [-0.25, -0.2) is 4.79 Å². The first kappa shape index (κ1) is 16.8. The lowest BCUT2D eigenvalue weighted by Gasteiger charge is -2.17. The van der Waals surface area contributed by atoms with Gasteiger partial charge in [0.2, 0.25) is 0 Å². The Kier molecular flexibility index (Phi) is 5.79. The van der Waals surface area contributed by atoms with Gasteiger partial charge in [-0.15, -0.1) is 0 Å². The molecule has 0 saturated carbocycles. The Labute approximate surface area is 146 Å². The van der Waals surface area contributed by atoms with Gasteiger partial charge < -0.3 is 10.1 Å². The minimum atomic E-state index is -0.867. The molecule has 0 aliphatic rings. The maximum absolute atomic E-state index is 12.4. The fraction of sp³-hybridized carbons (Fsp3) is 0.125. The van der Waals surface area contributed by atoms with Crippen LogP contribution in [0.4, 0.5) is 0 Å². The molecule has 1 amide bonds. The molecule has 2 aromatic carbocycles. The number of ether oxygens (including phenoxy) is 1. The van der Waals surface area contributed by atoms with Crippen molar-refractivity contribution in [1.82, 2.24) is 5.32 Å². The van der Waals surface area contributed by atoms with Crippen LogP contribution in [0.3, 0.4) is 0 Å². The summed E-state index contributed by atoms with van der Waals surface area (Å²) in [7, 11) is 1.29. The summed E-state index contributed by atoms with van der Waals surface area (Å²) in [4.78, 5) is 24.4. The zero-order chi connectivity index (χ0) is 16.1. The first-order valence-corrected chi connectivity index (χ1v) is 7.87. The molecule has 1 atom stereocenters. The minimum Gasteiger partial charge on any atom is -0.467 e. The second-order valence-corrected chi connectivity index (χ2v) is 6.06. The van der Waals surface area contributed by atoms with E-state index in [9.17, 15) is 9.59 Å². The Balaban J connectivity index is 2.29. The number of amides is 1. The molecular weight excluding hydrogens is 417 g/mol. The number of carbonyl (C=O) groups is 2. The van der Waals surface area contributed by atoms with E-state index in [2.05, 4.69) is 5.32 Å². The Morgan fingerprint density at radius 3 is 2.50 bits per heavy atom. The van der Waals surface area contributed by atoms with Gasteiger partial charge in [-0.05, 0) is 46.4 Å². The first-order valence-electron chi connectivity index (χ1n) is 6.41. The van der Waals surface area contributed by atoms with Gasteiger partial charge in [0.05, 0.1) is 12.7 Å². The van der Waals surface area contributed by atoms with Crippen LogP contribution in [0.25, 0.3) is 0 Å². The number of benzene rings is 2. The van der Waals surface area contributed by atoms with Crippen molar-refractivity contribution in [1.29, 1.82) is 0 Å². The summed E-state index contributed by atoms with van der Waals surface area (Å²) >= 11 is 7.97. The highest BCUT2D eigenvalue weighted by Crippen LogP contribution is 2.20. The van der Waals surface area contributed by atoms with E-state index in [-0.39, 0.29) is 5.91 Å². The molecule has 2 aromatic rings. The maximum Gasteiger partial charge on any atom is 0.333 e. The van der Waals surface area contributed by atoms with Crippen molar-refractivity contribution in [2.75, 3.05) is 7.11 Å². The average molecular weight is 430 g/mol. The normalized spacial score (nSPS) is 11.6. The van der Waals surface area contributed by atoms with E-state index >= 15 is 0 Å². The fourth-order valence-electron chi connectivity index (χ4n) is 1.92. The second-order valence-electron chi connectivity index (χ2n) is 4.46. The summed E-state index contributed by atoms with van der Waals surface area (Å²) in [5, 5.41) is 3.15. The van der Waals surface area contributed by atoms with Crippen LogP contribution in [0.15, 0.2) is 48.5 Å². The van der Waals surface area contributed by atoms with Crippen LogP contribution in [-0.4, -0.2) is 19.0 Å². The molecule has 0 saturated heterocycles. The summed E-state index contributed by atoms with van der Waals surface area (Å²) in [6.07, 6.45) is 0. The third kappa shape index (κ3) is 3.98. The molecule has 0 heterocycles. The molecular formula is C16H13ClINO3. The van der Waals surface area contributed by atoms with Crippen LogP contribution in [0.5, 0.6) is 0 Å². The van der Waals surface area contributed by atoms with Crippen molar-refractivity contribution in [3.63, 3.8) is 0 Å². The molecule has 4 nitrogen and oxygen atoms in total. The van der Waals surface area contributed by atoms with Crippen LogP contribution in [0.2, 0.25) is 5.02 Å². The van der Waals surface area contributed by atoms with Crippen molar-refractivity contribution in [2.45, 2.75) is 6.04 Å². The Morgan fingerprint density at radius 1 is 1.18 bits per heavy atom. The quantitative estimate of drug-likeness (QED) is 0.597. The number of esters is 1. The number of hydrogen-bond donors (Lipinski definition) is 1. The predicted molar refractivity (Wildman–Crippen MR) is 92.8 cm³/mol. The number of halogens is 2. The maximum atomic E-state index is 12.4. The summed E-state index contributed by atoms with van der Waals surface area (Å²) in [5.41, 5.74) is 1.07. The molecule has 1 N–H and O–H groups in total. The third-order valence-electron chi connectivity index (χ3n) is 3.02. The predicted octanol–water partition coefficient (Wildman–Crippen LogP) is 3.59. The molecule has 0 aliphatic heterocycles. The molecule has 22 heavy (non-hydrogen) atoms. The largest absolute Gasteiger partial charge is 0.467 e. The lowest BCUT2D eigenvalue weighted by atomic mass is 10.1. The molecule has 0 spiro atoms. The van der Waals surface area contributed by atoms with Gasteiger partial charge in [0.1, 0.15) is 0 Å².